The topological polar surface area (TPSA) is 46.1 Å². The third-order valence-corrected chi connectivity index (χ3v) is 3.83. The van der Waals surface area contributed by atoms with Crippen molar-refractivity contribution in [2.45, 2.75) is 13.5 Å². The standard InChI is InChI=1S/C17H13N3O/c1-11-2-3-12-10-20(17(21)14(12)8-11)13-4-5-15-16(9-13)19-7-6-18-15/h2-9H,10H2,1H3. The van der Waals surface area contributed by atoms with E-state index in [0.29, 0.717) is 6.54 Å². The van der Waals surface area contributed by atoms with Crippen LogP contribution >= 0.6 is 0 Å². The van der Waals surface area contributed by atoms with Gasteiger partial charge in [0.2, 0.25) is 0 Å². The van der Waals surface area contributed by atoms with E-state index in [1.54, 1.807) is 17.3 Å². The average Bonchev–Trinajstić information content (AvgIpc) is 2.84. The number of hydrogen-bond donors (Lipinski definition) is 0. The summed E-state index contributed by atoms with van der Waals surface area (Å²) in [5.41, 5.74) is 5.48. The highest BCUT2D eigenvalue weighted by atomic mass is 16.2. The van der Waals surface area contributed by atoms with Gasteiger partial charge in [-0.25, -0.2) is 0 Å². The molecule has 0 aliphatic carbocycles. The third-order valence-electron chi connectivity index (χ3n) is 3.83. The average molecular weight is 275 g/mol. The van der Waals surface area contributed by atoms with Gasteiger partial charge < -0.3 is 4.90 Å². The molecule has 0 fully saturated rings. The second kappa shape index (κ2) is 4.38. The predicted molar refractivity (Wildman–Crippen MR) is 81.2 cm³/mol. The summed E-state index contributed by atoms with van der Waals surface area (Å²) in [6.07, 6.45) is 3.33. The number of hydrogen-bond acceptors (Lipinski definition) is 3. The summed E-state index contributed by atoms with van der Waals surface area (Å²) < 4.78 is 0. The number of carbonyl (C=O) groups excluding carboxylic acids is 1. The zero-order chi connectivity index (χ0) is 14.4. The monoisotopic (exact) mass is 275 g/mol. The maximum atomic E-state index is 12.6. The molecule has 4 heteroatoms. The zero-order valence-electron chi connectivity index (χ0n) is 11.6. The quantitative estimate of drug-likeness (QED) is 0.685. The Morgan fingerprint density at radius 3 is 2.67 bits per heavy atom. The van der Waals surface area contributed by atoms with E-state index in [1.165, 1.54) is 0 Å². The molecule has 0 saturated carbocycles. The van der Waals surface area contributed by atoms with Crippen molar-refractivity contribution in [3.63, 3.8) is 0 Å². The lowest BCUT2D eigenvalue weighted by atomic mass is 10.1. The van der Waals surface area contributed by atoms with Gasteiger partial charge in [0.1, 0.15) is 0 Å². The van der Waals surface area contributed by atoms with E-state index in [1.807, 2.05) is 43.3 Å². The number of aromatic nitrogens is 2. The molecule has 0 atom stereocenters. The molecule has 1 aliphatic rings. The number of nitrogens with zero attached hydrogens (tertiary/aromatic N) is 3. The van der Waals surface area contributed by atoms with Gasteiger partial charge in [-0.05, 0) is 36.8 Å². The SMILES string of the molecule is Cc1ccc2c(c1)C(=O)N(c1ccc3nccnc3c1)C2. The van der Waals surface area contributed by atoms with Gasteiger partial charge in [-0.1, -0.05) is 17.7 Å². The largest absolute Gasteiger partial charge is 0.304 e. The van der Waals surface area contributed by atoms with Gasteiger partial charge in [0.25, 0.3) is 5.91 Å². The number of amides is 1. The highest BCUT2D eigenvalue weighted by molar-refractivity contribution is 6.10. The minimum Gasteiger partial charge on any atom is -0.304 e. The molecule has 4 nitrogen and oxygen atoms in total. The molecule has 21 heavy (non-hydrogen) atoms. The molecule has 2 heterocycles. The summed E-state index contributed by atoms with van der Waals surface area (Å²) in [6, 6.07) is 11.8. The molecule has 0 N–H and O–H groups in total. The van der Waals surface area contributed by atoms with Crippen molar-refractivity contribution in [3.05, 3.63) is 65.5 Å². The van der Waals surface area contributed by atoms with E-state index < -0.39 is 0 Å². The van der Waals surface area contributed by atoms with Crippen LogP contribution in [0.4, 0.5) is 5.69 Å². The van der Waals surface area contributed by atoms with Crippen LogP contribution in [0.25, 0.3) is 11.0 Å². The van der Waals surface area contributed by atoms with Gasteiger partial charge in [0.15, 0.2) is 0 Å². The Morgan fingerprint density at radius 1 is 1.00 bits per heavy atom. The Labute approximate surface area is 122 Å². The lowest BCUT2D eigenvalue weighted by Gasteiger charge is -2.15. The van der Waals surface area contributed by atoms with Crippen molar-refractivity contribution in [1.82, 2.24) is 9.97 Å². The summed E-state index contributed by atoms with van der Waals surface area (Å²) in [5, 5.41) is 0. The van der Waals surface area contributed by atoms with Crippen LogP contribution in [0.1, 0.15) is 21.5 Å². The van der Waals surface area contributed by atoms with E-state index in [-0.39, 0.29) is 5.91 Å². The molecule has 1 aromatic heterocycles. The number of anilines is 1. The fourth-order valence-electron chi connectivity index (χ4n) is 2.74. The van der Waals surface area contributed by atoms with Crippen molar-refractivity contribution in [2.75, 3.05) is 4.90 Å². The van der Waals surface area contributed by atoms with E-state index in [0.717, 1.165) is 33.4 Å². The molecule has 2 aromatic carbocycles. The Bertz CT molecular complexity index is 873. The van der Waals surface area contributed by atoms with E-state index in [4.69, 9.17) is 0 Å². The first kappa shape index (κ1) is 12.0. The van der Waals surface area contributed by atoms with Crippen LogP contribution in [0.3, 0.4) is 0 Å². The Hall–Kier alpha value is -2.75. The highest BCUT2D eigenvalue weighted by Gasteiger charge is 2.28. The molecule has 0 spiro atoms. The molecule has 0 bridgehead atoms. The second-order valence-corrected chi connectivity index (χ2v) is 5.28. The Morgan fingerprint density at radius 2 is 1.81 bits per heavy atom. The smallest absolute Gasteiger partial charge is 0.258 e. The van der Waals surface area contributed by atoms with Crippen LogP contribution < -0.4 is 4.90 Å². The number of aryl methyl sites for hydroxylation is 1. The summed E-state index contributed by atoms with van der Waals surface area (Å²) >= 11 is 0. The van der Waals surface area contributed by atoms with Crippen LogP contribution in [0.2, 0.25) is 0 Å². The molecule has 102 valence electrons. The second-order valence-electron chi connectivity index (χ2n) is 5.28. The fraction of sp³-hybridized carbons (Fsp3) is 0.118. The molecule has 0 unspecified atom stereocenters. The van der Waals surface area contributed by atoms with E-state index in [2.05, 4.69) is 9.97 Å². The molecular weight excluding hydrogens is 262 g/mol. The Kier molecular flexibility index (Phi) is 2.51. The zero-order valence-corrected chi connectivity index (χ0v) is 11.6. The maximum Gasteiger partial charge on any atom is 0.258 e. The van der Waals surface area contributed by atoms with Crippen LogP contribution in [0, 0.1) is 6.92 Å². The van der Waals surface area contributed by atoms with Gasteiger partial charge in [-0.15, -0.1) is 0 Å². The molecule has 0 radical (unpaired) electrons. The highest BCUT2D eigenvalue weighted by Crippen LogP contribution is 2.30. The molecular formula is C17H13N3O. The van der Waals surface area contributed by atoms with Gasteiger partial charge in [-0.2, -0.15) is 0 Å². The minimum absolute atomic E-state index is 0.0527. The number of fused-ring (bicyclic) bond motifs is 2. The van der Waals surface area contributed by atoms with Gasteiger partial charge in [-0.3, -0.25) is 14.8 Å². The number of rotatable bonds is 1. The van der Waals surface area contributed by atoms with Crippen LogP contribution in [-0.4, -0.2) is 15.9 Å². The summed E-state index contributed by atoms with van der Waals surface area (Å²) in [6.45, 7) is 2.61. The molecule has 4 rings (SSSR count). The lowest BCUT2D eigenvalue weighted by Crippen LogP contribution is -2.22. The van der Waals surface area contributed by atoms with Gasteiger partial charge in [0, 0.05) is 23.6 Å². The van der Waals surface area contributed by atoms with Crippen molar-refractivity contribution >= 4 is 22.6 Å². The first-order valence-corrected chi connectivity index (χ1v) is 6.84. The first-order valence-electron chi connectivity index (χ1n) is 6.84. The van der Waals surface area contributed by atoms with E-state index in [9.17, 15) is 4.79 Å². The minimum atomic E-state index is 0.0527. The normalized spacial score (nSPS) is 13.8. The van der Waals surface area contributed by atoms with Crippen LogP contribution in [0.5, 0.6) is 0 Å². The fourth-order valence-corrected chi connectivity index (χ4v) is 2.74. The lowest BCUT2D eigenvalue weighted by molar-refractivity contribution is 0.0996. The first-order chi connectivity index (χ1) is 10.2. The molecule has 1 aliphatic heterocycles. The van der Waals surface area contributed by atoms with Gasteiger partial charge in [0.05, 0.1) is 17.6 Å². The van der Waals surface area contributed by atoms with Crippen molar-refractivity contribution in [1.29, 1.82) is 0 Å². The number of carbonyl (C=O) groups is 1. The van der Waals surface area contributed by atoms with Crippen LogP contribution in [0.15, 0.2) is 48.8 Å². The van der Waals surface area contributed by atoms with E-state index >= 15 is 0 Å². The number of benzene rings is 2. The predicted octanol–water partition coefficient (Wildman–Crippen LogP) is 3.10. The van der Waals surface area contributed by atoms with Crippen molar-refractivity contribution in [3.8, 4) is 0 Å². The summed E-state index contributed by atoms with van der Waals surface area (Å²) in [5.74, 6) is 0.0527. The van der Waals surface area contributed by atoms with Crippen LogP contribution in [-0.2, 0) is 6.54 Å². The van der Waals surface area contributed by atoms with Crippen molar-refractivity contribution < 1.29 is 4.79 Å². The molecule has 3 aromatic rings. The molecule has 0 saturated heterocycles. The summed E-state index contributed by atoms with van der Waals surface area (Å²) in [7, 11) is 0. The molecule has 1 amide bonds. The van der Waals surface area contributed by atoms with Gasteiger partial charge >= 0.3 is 0 Å². The maximum absolute atomic E-state index is 12.6. The Balaban J connectivity index is 1.78. The summed E-state index contributed by atoms with van der Waals surface area (Å²) in [4.78, 5) is 22.9. The third kappa shape index (κ3) is 1.88. The van der Waals surface area contributed by atoms with Crippen molar-refractivity contribution in [2.24, 2.45) is 0 Å².